The predicted octanol–water partition coefficient (Wildman–Crippen LogP) is 5.21. The molecular weight excluding hydrogens is 270 g/mol. The Morgan fingerprint density at radius 2 is 1.41 bits per heavy atom. The largest absolute Gasteiger partial charge is 0.457 e. The van der Waals surface area contributed by atoms with E-state index in [0.29, 0.717) is 5.92 Å². The molecule has 0 aliphatic rings. The standard InChI is InChI=1S/C20H19NO/c1-15(16-6-3-2-4-7-16)17-8-5-9-20(14-17)22-19-12-10-18(21)11-13-19/h2-15H,21H2,1H3. The van der Waals surface area contributed by atoms with Crippen molar-refractivity contribution in [3.05, 3.63) is 90.0 Å². The fraction of sp³-hybridized carbons (Fsp3) is 0.100. The molecular formula is C20H19NO. The second kappa shape index (κ2) is 6.35. The van der Waals surface area contributed by atoms with E-state index >= 15 is 0 Å². The molecule has 0 fully saturated rings. The summed E-state index contributed by atoms with van der Waals surface area (Å²) in [5.41, 5.74) is 8.96. The number of hydrogen-bond donors (Lipinski definition) is 1. The first-order valence-electron chi connectivity index (χ1n) is 7.41. The highest BCUT2D eigenvalue weighted by Crippen LogP contribution is 2.29. The van der Waals surface area contributed by atoms with Gasteiger partial charge in [-0.2, -0.15) is 0 Å². The van der Waals surface area contributed by atoms with Crippen molar-refractivity contribution in [1.29, 1.82) is 0 Å². The third-order valence-corrected chi connectivity index (χ3v) is 3.77. The third-order valence-electron chi connectivity index (χ3n) is 3.77. The van der Waals surface area contributed by atoms with E-state index < -0.39 is 0 Å². The molecule has 0 bridgehead atoms. The van der Waals surface area contributed by atoms with Gasteiger partial charge in [-0.15, -0.1) is 0 Å². The quantitative estimate of drug-likeness (QED) is 0.669. The van der Waals surface area contributed by atoms with E-state index in [0.717, 1.165) is 17.2 Å². The second-order valence-electron chi connectivity index (χ2n) is 5.38. The summed E-state index contributed by atoms with van der Waals surface area (Å²) in [5, 5.41) is 0. The van der Waals surface area contributed by atoms with Crippen molar-refractivity contribution in [3.63, 3.8) is 0 Å². The minimum Gasteiger partial charge on any atom is -0.457 e. The molecule has 0 saturated heterocycles. The molecule has 0 amide bonds. The zero-order valence-electron chi connectivity index (χ0n) is 12.6. The molecule has 1 unspecified atom stereocenters. The maximum atomic E-state index is 5.90. The van der Waals surface area contributed by atoms with Gasteiger partial charge < -0.3 is 10.5 Å². The Morgan fingerprint density at radius 3 is 2.14 bits per heavy atom. The Balaban J connectivity index is 1.82. The van der Waals surface area contributed by atoms with Crippen LogP contribution in [-0.2, 0) is 0 Å². The zero-order chi connectivity index (χ0) is 15.4. The normalized spacial score (nSPS) is 11.9. The summed E-state index contributed by atoms with van der Waals surface area (Å²) >= 11 is 0. The first-order chi connectivity index (χ1) is 10.7. The predicted molar refractivity (Wildman–Crippen MR) is 91.3 cm³/mol. The van der Waals surface area contributed by atoms with Crippen molar-refractivity contribution in [2.24, 2.45) is 0 Å². The molecule has 0 aliphatic heterocycles. The van der Waals surface area contributed by atoms with Crippen LogP contribution in [0, 0.1) is 0 Å². The highest BCUT2D eigenvalue weighted by Gasteiger charge is 2.09. The molecule has 3 rings (SSSR count). The molecule has 110 valence electrons. The summed E-state index contributed by atoms with van der Waals surface area (Å²) in [6.45, 7) is 2.21. The van der Waals surface area contributed by atoms with Crippen LogP contribution < -0.4 is 10.5 Å². The summed E-state index contributed by atoms with van der Waals surface area (Å²) in [5.74, 6) is 1.96. The molecule has 0 heterocycles. The number of nitrogen functional groups attached to an aromatic ring is 1. The molecule has 0 radical (unpaired) electrons. The van der Waals surface area contributed by atoms with Gasteiger partial charge in [0.15, 0.2) is 0 Å². The lowest BCUT2D eigenvalue weighted by atomic mass is 9.93. The van der Waals surface area contributed by atoms with Gasteiger partial charge in [0.2, 0.25) is 0 Å². The molecule has 0 saturated carbocycles. The smallest absolute Gasteiger partial charge is 0.127 e. The highest BCUT2D eigenvalue weighted by atomic mass is 16.5. The molecule has 0 aliphatic carbocycles. The number of hydrogen-bond acceptors (Lipinski definition) is 2. The van der Waals surface area contributed by atoms with Gasteiger partial charge in [0.25, 0.3) is 0 Å². The average molecular weight is 289 g/mol. The Morgan fingerprint density at radius 1 is 0.727 bits per heavy atom. The molecule has 2 nitrogen and oxygen atoms in total. The molecule has 0 spiro atoms. The summed E-state index contributed by atoms with van der Waals surface area (Å²) in [6, 6.07) is 26.1. The van der Waals surface area contributed by atoms with Crippen LogP contribution in [0.5, 0.6) is 11.5 Å². The van der Waals surface area contributed by atoms with Crippen LogP contribution in [0.1, 0.15) is 24.0 Å². The monoisotopic (exact) mass is 289 g/mol. The van der Waals surface area contributed by atoms with Gasteiger partial charge in [-0.05, 0) is 47.5 Å². The van der Waals surface area contributed by atoms with Crippen LogP contribution in [0.15, 0.2) is 78.9 Å². The van der Waals surface area contributed by atoms with Crippen LogP contribution in [0.25, 0.3) is 0 Å². The van der Waals surface area contributed by atoms with Gasteiger partial charge in [-0.1, -0.05) is 49.4 Å². The third kappa shape index (κ3) is 3.29. The van der Waals surface area contributed by atoms with E-state index in [2.05, 4.69) is 43.3 Å². The highest BCUT2D eigenvalue weighted by molar-refractivity contribution is 5.44. The molecule has 3 aromatic carbocycles. The van der Waals surface area contributed by atoms with E-state index in [-0.39, 0.29) is 0 Å². The lowest BCUT2D eigenvalue weighted by molar-refractivity contribution is 0.482. The maximum absolute atomic E-state index is 5.90. The Labute approximate surface area is 131 Å². The van der Waals surface area contributed by atoms with Crippen LogP contribution in [0.4, 0.5) is 5.69 Å². The van der Waals surface area contributed by atoms with Crippen molar-refractivity contribution in [2.75, 3.05) is 5.73 Å². The van der Waals surface area contributed by atoms with Crippen molar-refractivity contribution >= 4 is 5.69 Å². The van der Waals surface area contributed by atoms with Crippen LogP contribution in [0.2, 0.25) is 0 Å². The summed E-state index contributed by atoms with van der Waals surface area (Å²) in [4.78, 5) is 0. The van der Waals surface area contributed by atoms with E-state index in [1.54, 1.807) is 0 Å². The first kappa shape index (κ1) is 14.2. The number of rotatable bonds is 4. The topological polar surface area (TPSA) is 35.2 Å². The fourth-order valence-electron chi connectivity index (χ4n) is 2.45. The zero-order valence-corrected chi connectivity index (χ0v) is 12.6. The summed E-state index contributed by atoms with van der Waals surface area (Å²) in [6.07, 6.45) is 0. The van der Waals surface area contributed by atoms with E-state index in [9.17, 15) is 0 Å². The first-order valence-corrected chi connectivity index (χ1v) is 7.41. The minimum atomic E-state index is 0.330. The van der Waals surface area contributed by atoms with Gasteiger partial charge in [0.1, 0.15) is 11.5 Å². The SMILES string of the molecule is CC(c1ccccc1)c1cccc(Oc2ccc(N)cc2)c1. The van der Waals surface area contributed by atoms with Crippen LogP contribution in [-0.4, -0.2) is 0 Å². The molecule has 2 N–H and O–H groups in total. The molecule has 22 heavy (non-hydrogen) atoms. The van der Waals surface area contributed by atoms with Gasteiger partial charge in [0, 0.05) is 11.6 Å². The van der Waals surface area contributed by atoms with Gasteiger partial charge >= 0.3 is 0 Å². The maximum Gasteiger partial charge on any atom is 0.127 e. The lowest BCUT2D eigenvalue weighted by Gasteiger charge is -2.14. The molecule has 2 heteroatoms. The van der Waals surface area contributed by atoms with E-state index in [1.165, 1.54) is 11.1 Å². The number of ether oxygens (including phenoxy) is 1. The minimum absolute atomic E-state index is 0.330. The van der Waals surface area contributed by atoms with Crippen LogP contribution in [0.3, 0.4) is 0 Å². The average Bonchev–Trinajstić information content (AvgIpc) is 2.57. The number of nitrogens with two attached hydrogens (primary N) is 1. The summed E-state index contributed by atoms with van der Waals surface area (Å²) in [7, 11) is 0. The molecule has 0 aromatic heterocycles. The van der Waals surface area contributed by atoms with E-state index in [4.69, 9.17) is 10.5 Å². The number of anilines is 1. The number of benzene rings is 3. The molecule has 1 atom stereocenters. The Bertz CT molecular complexity index is 735. The van der Waals surface area contributed by atoms with E-state index in [1.807, 2.05) is 42.5 Å². The van der Waals surface area contributed by atoms with Gasteiger partial charge in [-0.3, -0.25) is 0 Å². The van der Waals surface area contributed by atoms with Crippen molar-refractivity contribution in [1.82, 2.24) is 0 Å². The second-order valence-corrected chi connectivity index (χ2v) is 5.38. The molecule has 3 aromatic rings. The van der Waals surface area contributed by atoms with Gasteiger partial charge in [-0.25, -0.2) is 0 Å². The van der Waals surface area contributed by atoms with Crippen molar-refractivity contribution < 1.29 is 4.74 Å². The lowest BCUT2D eigenvalue weighted by Crippen LogP contribution is -1.96. The van der Waals surface area contributed by atoms with Crippen molar-refractivity contribution in [2.45, 2.75) is 12.8 Å². The Kier molecular flexibility index (Phi) is 4.10. The van der Waals surface area contributed by atoms with Crippen LogP contribution >= 0.6 is 0 Å². The van der Waals surface area contributed by atoms with Gasteiger partial charge in [0.05, 0.1) is 0 Å². The van der Waals surface area contributed by atoms with Crippen molar-refractivity contribution in [3.8, 4) is 11.5 Å². The fourth-order valence-corrected chi connectivity index (χ4v) is 2.45. The Hall–Kier alpha value is -2.74. The summed E-state index contributed by atoms with van der Waals surface area (Å²) < 4.78 is 5.90.